The van der Waals surface area contributed by atoms with Gasteiger partial charge >= 0.3 is 0 Å². The third kappa shape index (κ3) is 3.70. The molecule has 0 aliphatic rings. The van der Waals surface area contributed by atoms with Crippen molar-refractivity contribution in [2.75, 3.05) is 19.4 Å². The highest BCUT2D eigenvalue weighted by atomic mass is 35.5. The summed E-state index contributed by atoms with van der Waals surface area (Å²) in [5.74, 6) is 0.607. The minimum absolute atomic E-state index is 0. The Morgan fingerprint density at radius 1 is 1.27 bits per heavy atom. The van der Waals surface area contributed by atoms with E-state index >= 15 is 0 Å². The Bertz CT molecular complexity index is 388. The number of nitrogens with two attached hydrogens (primary N) is 1. The zero-order valence-corrected chi connectivity index (χ0v) is 9.98. The van der Waals surface area contributed by atoms with Gasteiger partial charge in [0.05, 0.1) is 17.8 Å². The first kappa shape index (κ1) is 14.2. The Kier molecular flexibility index (Phi) is 5.64. The lowest BCUT2D eigenvalue weighted by atomic mass is 10.3. The van der Waals surface area contributed by atoms with Crippen LogP contribution in [0.3, 0.4) is 0 Å². The molecule has 0 aliphatic carbocycles. The third-order valence-corrected chi connectivity index (χ3v) is 3.57. The third-order valence-electron chi connectivity index (χ3n) is 1.81. The molecule has 1 aromatic rings. The second-order valence-electron chi connectivity index (χ2n) is 2.78. The van der Waals surface area contributed by atoms with Crippen molar-refractivity contribution in [3.05, 3.63) is 24.3 Å². The number of hydrogen-bond acceptors (Lipinski definition) is 4. The molecule has 0 saturated heterocycles. The molecule has 86 valence electrons. The van der Waals surface area contributed by atoms with Crippen molar-refractivity contribution in [3.8, 4) is 5.75 Å². The van der Waals surface area contributed by atoms with Crippen LogP contribution in [0.1, 0.15) is 0 Å². The van der Waals surface area contributed by atoms with E-state index in [9.17, 15) is 8.42 Å². The van der Waals surface area contributed by atoms with E-state index in [1.165, 1.54) is 19.2 Å². The summed E-state index contributed by atoms with van der Waals surface area (Å²) in [6.45, 7) is 0.133. The lowest BCUT2D eigenvalue weighted by molar-refractivity contribution is 0.414. The van der Waals surface area contributed by atoms with Crippen LogP contribution in [0.15, 0.2) is 29.2 Å². The van der Waals surface area contributed by atoms with Gasteiger partial charge in [-0.15, -0.1) is 12.4 Å². The van der Waals surface area contributed by atoms with Crippen LogP contribution in [-0.4, -0.2) is 27.8 Å². The molecular weight excluding hydrogens is 238 g/mol. The Balaban J connectivity index is 0.00000196. The number of hydrogen-bond donors (Lipinski definition) is 1. The van der Waals surface area contributed by atoms with Crippen LogP contribution < -0.4 is 10.5 Å². The monoisotopic (exact) mass is 251 g/mol. The molecule has 1 aromatic carbocycles. The zero-order chi connectivity index (χ0) is 10.6. The number of sulfone groups is 1. The Morgan fingerprint density at radius 3 is 2.20 bits per heavy atom. The molecule has 0 spiro atoms. The molecule has 0 heterocycles. The van der Waals surface area contributed by atoms with Gasteiger partial charge in [0.15, 0.2) is 9.84 Å². The summed E-state index contributed by atoms with van der Waals surface area (Å²) in [4.78, 5) is 0.281. The SMILES string of the molecule is COc1ccc(S(=O)(=O)CCN)cc1.Cl. The molecule has 4 nitrogen and oxygen atoms in total. The highest BCUT2D eigenvalue weighted by molar-refractivity contribution is 7.91. The molecule has 6 heteroatoms. The van der Waals surface area contributed by atoms with E-state index in [0.29, 0.717) is 5.75 Å². The molecule has 0 amide bonds. The van der Waals surface area contributed by atoms with E-state index in [4.69, 9.17) is 10.5 Å². The topological polar surface area (TPSA) is 69.4 Å². The van der Waals surface area contributed by atoms with Crippen LogP contribution >= 0.6 is 12.4 Å². The van der Waals surface area contributed by atoms with Crippen molar-refractivity contribution in [2.24, 2.45) is 5.73 Å². The van der Waals surface area contributed by atoms with E-state index in [0.717, 1.165) is 0 Å². The van der Waals surface area contributed by atoms with Crippen LogP contribution in [0.5, 0.6) is 5.75 Å². The molecule has 15 heavy (non-hydrogen) atoms. The van der Waals surface area contributed by atoms with Crippen molar-refractivity contribution < 1.29 is 13.2 Å². The molecule has 0 bridgehead atoms. The second kappa shape index (κ2) is 5.95. The van der Waals surface area contributed by atoms with Crippen LogP contribution in [0, 0.1) is 0 Å². The van der Waals surface area contributed by atoms with Gasteiger partial charge in [0.25, 0.3) is 0 Å². The highest BCUT2D eigenvalue weighted by Crippen LogP contribution is 2.16. The van der Waals surface area contributed by atoms with Gasteiger partial charge in [-0.1, -0.05) is 0 Å². The maximum absolute atomic E-state index is 11.5. The Hall–Kier alpha value is -0.780. The number of rotatable bonds is 4. The standard InChI is InChI=1S/C9H13NO3S.ClH/c1-13-8-2-4-9(5-3-8)14(11,12)7-6-10;/h2-5H,6-7,10H2,1H3;1H. The number of ether oxygens (including phenoxy) is 1. The summed E-state index contributed by atoms with van der Waals surface area (Å²) < 4.78 is 27.9. The lowest BCUT2D eigenvalue weighted by Crippen LogP contribution is -2.15. The number of halogens is 1. The molecule has 1 rings (SSSR count). The average molecular weight is 252 g/mol. The number of benzene rings is 1. The Labute approximate surface area is 95.8 Å². The first-order valence-corrected chi connectivity index (χ1v) is 5.82. The van der Waals surface area contributed by atoms with E-state index in [2.05, 4.69) is 0 Å². The van der Waals surface area contributed by atoms with Gasteiger partial charge in [-0.05, 0) is 24.3 Å². The minimum Gasteiger partial charge on any atom is -0.497 e. The van der Waals surface area contributed by atoms with Gasteiger partial charge < -0.3 is 10.5 Å². The maximum atomic E-state index is 11.5. The first-order chi connectivity index (χ1) is 6.60. The van der Waals surface area contributed by atoms with Gasteiger partial charge in [0.1, 0.15) is 5.75 Å². The molecule has 2 N–H and O–H groups in total. The summed E-state index contributed by atoms with van der Waals surface area (Å²) >= 11 is 0. The van der Waals surface area contributed by atoms with E-state index in [1.807, 2.05) is 0 Å². The van der Waals surface area contributed by atoms with E-state index in [1.54, 1.807) is 12.1 Å². The van der Waals surface area contributed by atoms with Gasteiger partial charge in [-0.3, -0.25) is 0 Å². The minimum atomic E-state index is -3.22. The fraction of sp³-hybridized carbons (Fsp3) is 0.333. The molecular formula is C9H14ClNO3S. The van der Waals surface area contributed by atoms with Crippen LogP contribution in [0.2, 0.25) is 0 Å². The van der Waals surface area contributed by atoms with Gasteiger partial charge in [0, 0.05) is 6.54 Å². The largest absolute Gasteiger partial charge is 0.497 e. The number of methoxy groups -OCH3 is 1. The predicted molar refractivity (Wildman–Crippen MR) is 61.3 cm³/mol. The second-order valence-corrected chi connectivity index (χ2v) is 4.89. The summed E-state index contributed by atoms with van der Waals surface area (Å²) in [6.07, 6.45) is 0. The molecule has 0 radical (unpaired) electrons. The first-order valence-electron chi connectivity index (χ1n) is 4.17. The van der Waals surface area contributed by atoms with E-state index in [-0.39, 0.29) is 29.6 Å². The molecule has 0 atom stereocenters. The molecule has 0 saturated carbocycles. The van der Waals surface area contributed by atoms with Crippen molar-refractivity contribution in [1.29, 1.82) is 0 Å². The van der Waals surface area contributed by atoms with Crippen molar-refractivity contribution in [2.45, 2.75) is 4.90 Å². The van der Waals surface area contributed by atoms with Crippen molar-refractivity contribution >= 4 is 22.2 Å². The van der Waals surface area contributed by atoms with E-state index < -0.39 is 9.84 Å². The fourth-order valence-electron chi connectivity index (χ4n) is 1.06. The van der Waals surface area contributed by atoms with Crippen LogP contribution in [0.4, 0.5) is 0 Å². The molecule has 0 fully saturated rings. The van der Waals surface area contributed by atoms with Gasteiger partial charge in [-0.2, -0.15) is 0 Å². The molecule has 0 aliphatic heterocycles. The predicted octanol–water partition coefficient (Wildman–Crippen LogP) is 0.849. The average Bonchev–Trinajstić information content (AvgIpc) is 2.18. The molecule has 0 unspecified atom stereocenters. The summed E-state index contributed by atoms with van der Waals surface area (Å²) in [5.41, 5.74) is 5.20. The summed E-state index contributed by atoms with van der Waals surface area (Å²) in [7, 11) is -1.68. The smallest absolute Gasteiger partial charge is 0.179 e. The zero-order valence-electron chi connectivity index (χ0n) is 8.34. The quantitative estimate of drug-likeness (QED) is 0.861. The summed E-state index contributed by atoms with van der Waals surface area (Å²) in [6, 6.07) is 6.26. The van der Waals surface area contributed by atoms with Crippen molar-refractivity contribution in [1.82, 2.24) is 0 Å². The van der Waals surface area contributed by atoms with Crippen molar-refractivity contribution in [3.63, 3.8) is 0 Å². The molecule has 0 aromatic heterocycles. The normalized spacial score (nSPS) is 10.5. The summed E-state index contributed by atoms with van der Waals surface area (Å²) in [5, 5.41) is 0. The highest BCUT2D eigenvalue weighted by Gasteiger charge is 2.12. The van der Waals surface area contributed by atoms with Crippen LogP contribution in [0.25, 0.3) is 0 Å². The fourth-order valence-corrected chi connectivity index (χ4v) is 2.15. The van der Waals surface area contributed by atoms with Gasteiger partial charge in [-0.25, -0.2) is 8.42 Å². The maximum Gasteiger partial charge on any atom is 0.179 e. The van der Waals surface area contributed by atoms with Crippen LogP contribution in [-0.2, 0) is 9.84 Å². The Morgan fingerprint density at radius 2 is 1.80 bits per heavy atom. The van der Waals surface area contributed by atoms with Gasteiger partial charge in [0.2, 0.25) is 0 Å². The lowest BCUT2D eigenvalue weighted by Gasteiger charge is -2.03.